The monoisotopic (exact) mass is 157 g/mol. The first-order valence-electron chi connectivity index (χ1n) is 2.90. The van der Waals surface area contributed by atoms with E-state index in [-0.39, 0.29) is 0 Å². The van der Waals surface area contributed by atoms with Crippen molar-refractivity contribution < 1.29 is 0 Å². The van der Waals surface area contributed by atoms with Crippen LogP contribution in [-0.4, -0.2) is 0 Å². The van der Waals surface area contributed by atoms with E-state index in [1.807, 2.05) is 24.3 Å². The second kappa shape index (κ2) is 11.5. The minimum absolute atomic E-state index is 0.715. The molecule has 0 N–H and O–H groups in total. The second-order valence-electron chi connectivity index (χ2n) is 1.48. The quantitative estimate of drug-likeness (QED) is 0.576. The Bertz CT molecular complexity index is 260. The highest BCUT2D eigenvalue weighted by Crippen LogP contribution is 1.92. The van der Waals surface area contributed by atoms with Crippen LogP contribution in [0.25, 0.3) is 0 Å². The van der Waals surface area contributed by atoms with Gasteiger partial charge in [-0.25, -0.2) is 10.5 Å². The van der Waals surface area contributed by atoms with Crippen LogP contribution in [0.5, 0.6) is 0 Å². The van der Waals surface area contributed by atoms with Gasteiger partial charge in [0.25, 0.3) is 0 Å². The van der Waals surface area contributed by atoms with Crippen LogP contribution in [-0.2, 0) is 0 Å². The van der Waals surface area contributed by atoms with Gasteiger partial charge in [0.15, 0.2) is 0 Å². The number of hydrogen-bond donors (Lipinski definition) is 0. The molecule has 0 aliphatic rings. The summed E-state index contributed by atoms with van der Waals surface area (Å²) in [6, 6.07) is 11.2. The molecule has 1 aromatic carbocycles. The van der Waals surface area contributed by atoms with E-state index >= 15 is 0 Å². The van der Waals surface area contributed by atoms with Gasteiger partial charge in [0.05, 0.1) is 11.6 Å². The highest BCUT2D eigenvalue weighted by molar-refractivity contribution is 5.27. The van der Waals surface area contributed by atoms with Crippen LogP contribution in [0.1, 0.15) is 5.56 Å². The van der Waals surface area contributed by atoms with Gasteiger partial charge in [-0.3, -0.25) is 0 Å². The van der Waals surface area contributed by atoms with Gasteiger partial charge in [0.2, 0.25) is 0 Å². The molecule has 12 heavy (non-hydrogen) atoms. The van der Waals surface area contributed by atoms with Crippen molar-refractivity contribution in [2.75, 3.05) is 0 Å². The van der Waals surface area contributed by atoms with Crippen LogP contribution in [0.15, 0.2) is 30.3 Å². The van der Waals surface area contributed by atoms with Crippen molar-refractivity contribution in [3.8, 4) is 19.2 Å². The minimum atomic E-state index is 0.715. The predicted octanol–water partition coefficient (Wildman–Crippen LogP) is 1.84. The molecule has 1 aromatic rings. The molecule has 3 nitrogen and oxygen atoms in total. The third-order valence-corrected chi connectivity index (χ3v) is 0.903. The molecule has 0 saturated carbocycles. The van der Waals surface area contributed by atoms with Gasteiger partial charge >= 0.3 is 0 Å². The summed E-state index contributed by atoms with van der Waals surface area (Å²) in [5.41, 5.74) is 0.715. The zero-order valence-electron chi connectivity index (χ0n) is 6.38. The van der Waals surface area contributed by atoms with Gasteiger partial charge in [-0.2, -0.15) is 5.26 Å². The minimum Gasteiger partial charge on any atom is -0.202 e. The first kappa shape index (κ1) is 12.4. The maximum Gasteiger partial charge on any atom is 0.0991 e. The van der Waals surface area contributed by atoms with E-state index in [2.05, 4.69) is 13.1 Å². The normalized spacial score (nSPS) is 5.58. The molecule has 0 bridgehead atoms. The van der Waals surface area contributed by atoms with Crippen LogP contribution >= 0.6 is 0 Å². The van der Waals surface area contributed by atoms with Crippen molar-refractivity contribution in [2.45, 2.75) is 0 Å². The summed E-state index contributed by atoms with van der Waals surface area (Å²) in [4.78, 5) is 0. The first-order chi connectivity index (χ1) is 5.93. The lowest BCUT2D eigenvalue weighted by Crippen LogP contribution is -1.66. The van der Waals surface area contributed by atoms with Crippen molar-refractivity contribution in [3.05, 3.63) is 35.9 Å². The van der Waals surface area contributed by atoms with Gasteiger partial charge in [0.1, 0.15) is 0 Å². The second-order valence-corrected chi connectivity index (χ2v) is 1.48. The van der Waals surface area contributed by atoms with Crippen LogP contribution in [0, 0.1) is 35.0 Å². The standard InChI is InChI=1S/C7H5N.2CHN/c8-6-7-4-2-1-3-5-7;2*1-2/h1-5H;2*1H. The van der Waals surface area contributed by atoms with Crippen LogP contribution in [0.2, 0.25) is 0 Å². The molecule has 0 spiro atoms. The zero-order chi connectivity index (χ0) is 9.82. The average molecular weight is 157 g/mol. The van der Waals surface area contributed by atoms with Crippen LogP contribution in [0.4, 0.5) is 0 Å². The molecule has 0 atom stereocenters. The first-order valence-corrected chi connectivity index (χ1v) is 2.90. The van der Waals surface area contributed by atoms with E-state index in [9.17, 15) is 0 Å². The summed E-state index contributed by atoms with van der Waals surface area (Å²) in [5, 5.41) is 21.3. The third kappa shape index (κ3) is 5.82. The summed E-state index contributed by atoms with van der Waals surface area (Å²) >= 11 is 0. The molecule has 0 aliphatic heterocycles. The highest BCUT2D eigenvalue weighted by Gasteiger charge is 1.79. The number of nitrogens with zero attached hydrogens (tertiary/aromatic N) is 3. The number of benzene rings is 1. The van der Waals surface area contributed by atoms with Crippen molar-refractivity contribution >= 4 is 0 Å². The van der Waals surface area contributed by atoms with E-state index in [0.29, 0.717) is 5.56 Å². The largest absolute Gasteiger partial charge is 0.202 e. The Kier molecular flexibility index (Phi) is 11.8. The molecule has 0 aliphatic carbocycles. The molecule has 1 rings (SSSR count). The molecule has 0 aromatic heterocycles. The Morgan fingerprint density at radius 3 is 1.58 bits per heavy atom. The smallest absolute Gasteiger partial charge is 0.0991 e. The molecular weight excluding hydrogens is 150 g/mol. The van der Waals surface area contributed by atoms with Crippen LogP contribution in [0.3, 0.4) is 0 Å². The molecule has 0 heterocycles. The van der Waals surface area contributed by atoms with Crippen molar-refractivity contribution in [2.24, 2.45) is 0 Å². The van der Waals surface area contributed by atoms with Crippen molar-refractivity contribution in [3.63, 3.8) is 0 Å². The summed E-state index contributed by atoms with van der Waals surface area (Å²) < 4.78 is 0. The van der Waals surface area contributed by atoms with E-state index in [0.717, 1.165) is 0 Å². The summed E-state index contributed by atoms with van der Waals surface area (Å²) in [6.45, 7) is 7.00. The van der Waals surface area contributed by atoms with Gasteiger partial charge < -0.3 is 0 Å². The molecule has 58 valence electrons. The van der Waals surface area contributed by atoms with Gasteiger partial charge in [-0.1, -0.05) is 18.2 Å². The lowest BCUT2D eigenvalue weighted by Gasteiger charge is -1.80. The van der Waals surface area contributed by atoms with E-state index in [1.165, 1.54) is 0 Å². The van der Waals surface area contributed by atoms with E-state index < -0.39 is 0 Å². The van der Waals surface area contributed by atoms with Crippen molar-refractivity contribution in [1.82, 2.24) is 0 Å². The SMILES string of the molecule is C#N.C#N.N#Cc1ccccc1. The zero-order valence-corrected chi connectivity index (χ0v) is 6.38. The lowest BCUT2D eigenvalue weighted by atomic mass is 10.2. The number of nitriles is 3. The van der Waals surface area contributed by atoms with E-state index in [1.54, 1.807) is 12.1 Å². The fourth-order valence-electron chi connectivity index (χ4n) is 0.513. The fourth-order valence-corrected chi connectivity index (χ4v) is 0.513. The summed E-state index contributed by atoms with van der Waals surface area (Å²) in [6.07, 6.45) is 0. The molecular formula is C9H7N3. The van der Waals surface area contributed by atoms with Gasteiger partial charge in [-0.05, 0) is 12.1 Å². The summed E-state index contributed by atoms with van der Waals surface area (Å²) in [7, 11) is 0. The molecule has 3 heteroatoms. The Labute approximate surface area is 71.7 Å². The Hall–Kier alpha value is -2.31. The molecule has 0 unspecified atom stereocenters. The molecule has 0 radical (unpaired) electrons. The maximum atomic E-state index is 8.29. The average Bonchev–Trinajstić information content (AvgIpc) is 2.25. The lowest BCUT2D eigenvalue weighted by molar-refractivity contribution is 1.49. The summed E-state index contributed by atoms with van der Waals surface area (Å²) in [5.74, 6) is 0. The van der Waals surface area contributed by atoms with Gasteiger partial charge in [-0.15, -0.1) is 0 Å². The van der Waals surface area contributed by atoms with Crippen molar-refractivity contribution in [1.29, 1.82) is 15.8 Å². The Balaban J connectivity index is 0. The topological polar surface area (TPSA) is 71.4 Å². The maximum absolute atomic E-state index is 8.29. The predicted molar refractivity (Wildman–Crippen MR) is 44.5 cm³/mol. The highest BCUT2D eigenvalue weighted by atomic mass is 14.2. The molecule has 0 amide bonds. The third-order valence-electron chi connectivity index (χ3n) is 0.903. The number of hydrogen-bond acceptors (Lipinski definition) is 3. The molecule has 0 fully saturated rings. The van der Waals surface area contributed by atoms with Crippen LogP contribution < -0.4 is 0 Å². The Morgan fingerprint density at radius 2 is 1.33 bits per heavy atom. The van der Waals surface area contributed by atoms with E-state index in [4.69, 9.17) is 15.8 Å². The molecule has 0 saturated heterocycles. The fraction of sp³-hybridized carbons (Fsp3) is 0. The Morgan fingerprint density at radius 1 is 0.917 bits per heavy atom. The van der Waals surface area contributed by atoms with Gasteiger partial charge in [0, 0.05) is 13.1 Å². The number of rotatable bonds is 0.